The van der Waals surface area contributed by atoms with E-state index in [1.165, 1.54) is 10.9 Å². The third kappa shape index (κ3) is 4.06. The second-order valence-corrected chi connectivity index (χ2v) is 8.32. The molecule has 4 nitrogen and oxygen atoms in total. The fourth-order valence-corrected chi connectivity index (χ4v) is 4.03. The Morgan fingerprint density at radius 3 is 2.84 bits per heavy atom. The third-order valence-corrected chi connectivity index (χ3v) is 5.16. The minimum atomic E-state index is 0.0685. The van der Waals surface area contributed by atoms with Crippen LogP contribution in [0.3, 0.4) is 0 Å². The molecule has 0 unspecified atom stereocenters. The number of hydrogen-bond donors (Lipinski definition) is 1. The predicted molar refractivity (Wildman–Crippen MR) is 102 cm³/mol. The van der Waals surface area contributed by atoms with Gasteiger partial charge in [0.25, 0.3) is 0 Å². The van der Waals surface area contributed by atoms with Crippen LogP contribution in [0.4, 0.5) is 0 Å². The number of fused-ring (bicyclic) bond motifs is 1. The second-order valence-electron chi connectivity index (χ2n) is 8.32. The minimum absolute atomic E-state index is 0.0685. The molecule has 1 aromatic heterocycles. The van der Waals surface area contributed by atoms with E-state index in [0.29, 0.717) is 19.0 Å². The van der Waals surface area contributed by atoms with E-state index in [0.717, 1.165) is 25.0 Å². The number of hydrogen-bond acceptors (Lipinski definition) is 2. The molecular weight excluding hydrogens is 312 g/mol. The first-order valence-corrected chi connectivity index (χ1v) is 9.29. The summed E-state index contributed by atoms with van der Waals surface area (Å²) in [5, 5.41) is 4.35. The van der Waals surface area contributed by atoms with Crippen LogP contribution in [-0.2, 0) is 16.1 Å². The molecule has 1 aliphatic heterocycles. The molecule has 1 fully saturated rings. The van der Waals surface area contributed by atoms with Crippen LogP contribution in [0.15, 0.2) is 30.5 Å². The van der Waals surface area contributed by atoms with Gasteiger partial charge in [-0.25, -0.2) is 0 Å². The van der Waals surface area contributed by atoms with Gasteiger partial charge in [0.05, 0.1) is 6.10 Å². The van der Waals surface area contributed by atoms with Crippen LogP contribution in [0, 0.1) is 18.3 Å². The van der Waals surface area contributed by atoms with Gasteiger partial charge in [-0.3, -0.25) is 4.79 Å². The van der Waals surface area contributed by atoms with Gasteiger partial charge in [0.2, 0.25) is 5.91 Å². The molecule has 2 aromatic rings. The zero-order valence-electron chi connectivity index (χ0n) is 15.8. The van der Waals surface area contributed by atoms with Crippen LogP contribution >= 0.6 is 0 Å². The summed E-state index contributed by atoms with van der Waals surface area (Å²) in [7, 11) is 0. The van der Waals surface area contributed by atoms with Crippen molar-refractivity contribution in [3.8, 4) is 0 Å². The molecule has 1 saturated heterocycles. The van der Waals surface area contributed by atoms with E-state index in [1.807, 2.05) is 16.7 Å². The van der Waals surface area contributed by atoms with E-state index >= 15 is 0 Å². The van der Waals surface area contributed by atoms with Crippen molar-refractivity contribution in [2.45, 2.75) is 53.2 Å². The monoisotopic (exact) mass is 342 g/mol. The van der Waals surface area contributed by atoms with E-state index < -0.39 is 0 Å². The van der Waals surface area contributed by atoms with Crippen LogP contribution in [0.25, 0.3) is 10.9 Å². The van der Waals surface area contributed by atoms with E-state index in [9.17, 15) is 4.79 Å². The lowest BCUT2D eigenvalue weighted by Crippen LogP contribution is -2.45. The summed E-state index contributed by atoms with van der Waals surface area (Å²) in [5.41, 5.74) is 2.42. The summed E-state index contributed by atoms with van der Waals surface area (Å²) in [5.74, 6) is 0.458. The van der Waals surface area contributed by atoms with Gasteiger partial charge in [-0.05, 0) is 36.8 Å². The number of amides is 1. The summed E-state index contributed by atoms with van der Waals surface area (Å²) in [4.78, 5) is 12.5. The largest absolute Gasteiger partial charge is 0.377 e. The summed E-state index contributed by atoms with van der Waals surface area (Å²) in [6.07, 6.45) is 4.46. The highest BCUT2D eigenvalue weighted by Gasteiger charge is 2.35. The van der Waals surface area contributed by atoms with Gasteiger partial charge in [-0.15, -0.1) is 0 Å². The first kappa shape index (κ1) is 18.0. The van der Waals surface area contributed by atoms with E-state index in [-0.39, 0.29) is 17.4 Å². The molecule has 1 aliphatic rings. The Morgan fingerprint density at radius 1 is 1.32 bits per heavy atom. The molecule has 1 amide bonds. The van der Waals surface area contributed by atoms with E-state index in [4.69, 9.17) is 4.74 Å². The Balaban J connectivity index is 1.62. The summed E-state index contributed by atoms with van der Waals surface area (Å²) in [6.45, 7) is 10.6. The lowest BCUT2D eigenvalue weighted by atomic mass is 9.78. The van der Waals surface area contributed by atoms with Crippen molar-refractivity contribution in [1.29, 1.82) is 0 Å². The van der Waals surface area contributed by atoms with Crippen LogP contribution in [-0.4, -0.2) is 29.7 Å². The Labute approximate surface area is 150 Å². The predicted octanol–water partition coefficient (Wildman–Crippen LogP) is 3.91. The van der Waals surface area contributed by atoms with Crippen molar-refractivity contribution in [1.82, 2.24) is 9.88 Å². The first-order valence-electron chi connectivity index (χ1n) is 9.29. The maximum atomic E-state index is 12.5. The summed E-state index contributed by atoms with van der Waals surface area (Å²) in [6, 6.07) is 8.23. The number of nitrogens with zero attached hydrogens (tertiary/aromatic N) is 1. The van der Waals surface area contributed by atoms with Gasteiger partial charge in [-0.1, -0.05) is 39.0 Å². The molecule has 4 heteroatoms. The molecule has 25 heavy (non-hydrogen) atoms. The highest BCUT2D eigenvalue weighted by Crippen LogP contribution is 2.33. The highest BCUT2D eigenvalue weighted by atomic mass is 16.5. The molecule has 2 heterocycles. The van der Waals surface area contributed by atoms with E-state index in [2.05, 4.69) is 51.3 Å². The van der Waals surface area contributed by atoms with Crippen molar-refractivity contribution < 1.29 is 9.53 Å². The normalized spacial score (nSPS) is 21.4. The van der Waals surface area contributed by atoms with Crippen molar-refractivity contribution in [2.75, 3.05) is 13.2 Å². The van der Waals surface area contributed by atoms with E-state index in [1.54, 1.807) is 0 Å². The number of benzene rings is 1. The van der Waals surface area contributed by atoms with Crippen molar-refractivity contribution in [3.05, 3.63) is 36.0 Å². The van der Waals surface area contributed by atoms with Crippen LogP contribution in [0.1, 0.15) is 39.2 Å². The average Bonchev–Trinajstić information content (AvgIpc) is 2.89. The molecule has 1 aromatic carbocycles. The molecule has 0 bridgehead atoms. The molecule has 136 valence electrons. The number of aromatic nitrogens is 1. The second kappa shape index (κ2) is 7.20. The van der Waals surface area contributed by atoms with Gasteiger partial charge in [-0.2, -0.15) is 0 Å². The van der Waals surface area contributed by atoms with Crippen LogP contribution in [0.2, 0.25) is 0 Å². The Hall–Kier alpha value is -1.81. The molecule has 0 saturated carbocycles. The molecule has 0 spiro atoms. The number of rotatable bonds is 4. The SMILES string of the molecule is Cc1cn(CC(=O)NC[C@@H]2CCCO[C@H]2C(C)(C)C)c2ccccc12. The van der Waals surface area contributed by atoms with Gasteiger partial charge < -0.3 is 14.6 Å². The number of para-hydroxylation sites is 1. The summed E-state index contributed by atoms with van der Waals surface area (Å²) < 4.78 is 8.05. The number of ether oxygens (including phenoxy) is 1. The average molecular weight is 342 g/mol. The van der Waals surface area contributed by atoms with Gasteiger partial charge in [0, 0.05) is 36.2 Å². The quantitative estimate of drug-likeness (QED) is 0.915. The van der Waals surface area contributed by atoms with Gasteiger partial charge in [0.15, 0.2) is 0 Å². The van der Waals surface area contributed by atoms with Crippen molar-refractivity contribution >= 4 is 16.8 Å². The van der Waals surface area contributed by atoms with Gasteiger partial charge >= 0.3 is 0 Å². The van der Waals surface area contributed by atoms with Crippen LogP contribution in [0.5, 0.6) is 0 Å². The third-order valence-electron chi connectivity index (χ3n) is 5.16. The van der Waals surface area contributed by atoms with Crippen LogP contribution < -0.4 is 5.32 Å². The minimum Gasteiger partial charge on any atom is -0.377 e. The molecule has 2 atom stereocenters. The zero-order valence-corrected chi connectivity index (χ0v) is 15.8. The number of carbonyl (C=O) groups is 1. The first-order chi connectivity index (χ1) is 11.9. The maximum absolute atomic E-state index is 12.5. The highest BCUT2D eigenvalue weighted by molar-refractivity contribution is 5.85. The number of nitrogens with one attached hydrogen (secondary N) is 1. The smallest absolute Gasteiger partial charge is 0.239 e. The van der Waals surface area contributed by atoms with Gasteiger partial charge in [0.1, 0.15) is 6.54 Å². The fraction of sp³-hybridized carbons (Fsp3) is 0.571. The molecule has 3 rings (SSSR count). The Bertz CT molecular complexity index is 742. The number of aryl methyl sites for hydroxylation is 1. The molecule has 1 N–H and O–H groups in total. The standard InChI is InChI=1S/C21H30N2O2/c1-15-13-23(18-10-6-5-9-17(15)18)14-19(24)22-12-16-8-7-11-25-20(16)21(2,3)4/h5-6,9-10,13,16,20H,7-8,11-12,14H2,1-4H3,(H,22,24)/t16-,20+/m0/s1. The number of carbonyl (C=O) groups excluding carboxylic acids is 1. The molecule has 0 aliphatic carbocycles. The van der Waals surface area contributed by atoms with Crippen molar-refractivity contribution in [3.63, 3.8) is 0 Å². The maximum Gasteiger partial charge on any atom is 0.239 e. The van der Waals surface area contributed by atoms with Crippen molar-refractivity contribution in [2.24, 2.45) is 11.3 Å². The summed E-state index contributed by atoms with van der Waals surface area (Å²) >= 11 is 0. The molecule has 0 radical (unpaired) electrons. The Kier molecular flexibility index (Phi) is 5.19. The Morgan fingerprint density at radius 2 is 2.08 bits per heavy atom. The lowest BCUT2D eigenvalue weighted by molar-refractivity contribution is -0.123. The fourth-order valence-electron chi connectivity index (χ4n) is 4.03. The zero-order chi connectivity index (χ0) is 18.0. The topological polar surface area (TPSA) is 43.3 Å². The molecular formula is C21H30N2O2. The lowest BCUT2D eigenvalue weighted by Gasteiger charge is -2.40.